The summed E-state index contributed by atoms with van der Waals surface area (Å²) in [5.41, 5.74) is 4.26. The van der Waals surface area contributed by atoms with E-state index in [1.807, 2.05) is 32.1 Å². The summed E-state index contributed by atoms with van der Waals surface area (Å²) in [6.07, 6.45) is 32.1. The van der Waals surface area contributed by atoms with Gasteiger partial charge < -0.3 is 0 Å². The van der Waals surface area contributed by atoms with Crippen molar-refractivity contribution in [3.05, 3.63) is 124 Å². The first kappa shape index (κ1) is 31.7. The molecule has 2 aromatic carbocycles. The number of rotatable bonds is 7. The van der Waals surface area contributed by atoms with Crippen LogP contribution in [0.5, 0.6) is 0 Å². The minimum atomic E-state index is -0.428. The molecule has 4 aliphatic rings. The van der Waals surface area contributed by atoms with Gasteiger partial charge in [-0.05, 0) is 118 Å². The van der Waals surface area contributed by atoms with E-state index >= 15 is 0 Å². The third-order valence-electron chi connectivity index (χ3n) is 8.50. The predicted octanol–water partition coefficient (Wildman–Crippen LogP) is 9.41. The third-order valence-corrected chi connectivity index (χ3v) is 14.8. The van der Waals surface area contributed by atoms with E-state index in [4.69, 9.17) is 0 Å². The molecule has 10 radical (unpaired) electrons. The van der Waals surface area contributed by atoms with Crippen LogP contribution in [-0.2, 0) is 17.1 Å². The molecule has 206 valence electrons. The number of hydrogen-bond donors (Lipinski definition) is 0. The van der Waals surface area contributed by atoms with Crippen LogP contribution in [0.1, 0.15) is 71.1 Å². The van der Waals surface area contributed by atoms with Crippen molar-refractivity contribution in [3.63, 3.8) is 0 Å². The van der Waals surface area contributed by atoms with Gasteiger partial charge >= 0.3 is 0 Å². The fourth-order valence-electron chi connectivity index (χ4n) is 6.66. The first-order chi connectivity index (χ1) is 18.8. The molecule has 4 aliphatic carbocycles. The summed E-state index contributed by atoms with van der Waals surface area (Å²) < 4.78 is 0. The molecule has 6 rings (SSSR count). The average Bonchev–Trinajstić information content (AvgIpc) is 3.72. The van der Waals surface area contributed by atoms with Crippen LogP contribution in [0.3, 0.4) is 0 Å². The fraction of sp³-hybridized carbons (Fsp3) is 0.389. The van der Waals surface area contributed by atoms with Crippen molar-refractivity contribution in [3.8, 4) is 0 Å². The van der Waals surface area contributed by atoms with Crippen LogP contribution in [-0.4, -0.2) is 17.0 Å². The Labute approximate surface area is 254 Å². The maximum atomic E-state index is 2.56. The van der Waals surface area contributed by atoms with Gasteiger partial charge in [-0.25, -0.2) is 0 Å². The van der Waals surface area contributed by atoms with Gasteiger partial charge in [0.1, 0.15) is 0 Å². The van der Waals surface area contributed by atoms with Crippen molar-refractivity contribution in [1.29, 1.82) is 0 Å². The Kier molecular flexibility index (Phi) is 13.9. The average molecular weight is 595 g/mol. The van der Waals surface area contributed by atoms with Crippen molar-refractivity contribution in [2.24, 2.45) is 0 Å². The molecule has 4 fully saturated rings. The number of benzene rings is 2. The van der Waals surface area contributed by atoms with E-state index in [0.29, 0.717) is 5.66 Å². The Bertz CT molecular complexity index is 837. The largest absolute Gasteiger partial charge is 0.0921 e. The molecule has 39 heavy (non-hydrogen) atoms. The van der Waals surface area contributed by atoms with Crippen LogP contribution < -0.4 is 10.6 Å². The first-order valence-corrected chi connectivity index (χ1v) is 17.8. The summed E-state index contributed by atoms with van der Waals surface area (Å²) >= 11 is 0. The molecule has 0 nitrogen and oxygen atoms in total. The zero-order chi connectivity index (χ0) is 26.0. The molecule has 0 N–H and O–H groups in total. The summed E-state index contributed by atoms with van der Waals surface area (Å²) in [6, 6.07) is 22.7. The zero-order valence-electron chi connectivity index (χ0n) is 23.4. The van der Waals surface area contributed by atoms with Crippen molar-refractivity contribution in [2.75, 3.05) is 0 Å². The molecule has 1 atom stereocenters. The molecule has 0 heterocycles. The maximum Gasteiger partial charge on any atom is 0.0120 e. The standard InChI is InChI=1S/C31H39P2.C5H5.Fe/c1-25(32(26-15-6-2-7-16-26)27-17-8-3-9-18-27)30-23-14-24-31(30)33(28-19-10-4-11-20-28)29-21-12-5-13-22-29;1-2-4-5-3-1;/h2-3,6-9,14-18,23-25,28-29H,4-5,10-13,19-22H2,1H3;1-5H;/t25-;;/m1../s1. The van der Waals surface area contributed by atoms with Gasteiger partial charge in [-0.1, -0.05) is 114 Å². The van der Waals surface area contributed by atoms with Gasteiger partial charge in [0, 0.05) is 22.7 Å². The van der Waals surface area contributed by atoms with Crippen LogP contribution in [0.25, 0.3) is 0 Å². The van der Waals surface area contributed by atoms with Gasteiger partial charge in [0.25, 0.3) is 0 Å². The molecular formula is C36H44FeP2. The van der Waals surface area contributed by atoms with E-state index in [2.05, 4.69) is 86.8 Å². The molecule has 0 amide bonds. The molecule has 0 unspecified atom stereocenters. The first-order valence-electron chi connectivity index (χ1n) is 14.9. The summed E-state index contributed by atoms with van der Waals surface area (Å²) in [7, 11) is -0.489. The second-order valence-corrected chi connectivity index (χ2v) is 16.3. The third kappa shape index (κ3) is 8.67. The molecule has 0 saturated heterocycles. The van der Waals surface area contributed by atoms with Gasteiger partial charge in [-0.2, -0.15) is 0 Å². The quantitative estimate of drug-likeness (QED) is 0.221. The van der Waals surface area contributed by atoms with Crippen molar-refractivity contribution in [2.45, 2.75) is 88.1 Å². The zero-order valence-corrected chi connectivity index (χ0v) is 26.3. The van der Waals surface area contributed by atoms with Gasteiger partial charge in [-0.3, -0.25) is 0 Å². The SMILES string of the molecule is C[C@H]([C]1[CH][CH][CH][C]1P(C1CCCCC1)C1CCCCC1)P(c1ccccc1)c1ccccc1.[CH]1[CH][CH][CH][CH]1.[Fe]. The van der Waals surface area contributed by atoms with E-state index in [-0.39, 0.29) is 25.0 Å². The van der Waals surface area contributed by atoms with E-state index < -0.39 is 7.92 Å². The van der Waals surface area contributed by atoms with Crippen molar-refractivity contribution in [1.82, 2.24) is 0 Å². The summed E-state index contributed by atoms with van der Waals surface area (Å²) in [6.45, 7) is 2.53. The normalized spacial score (nSPS) is 22.4. The van der Waals surface area contributed by atoms with E-state index in [0.717, 1.165) is 11.3 Å². The predicted molar refractivity (Wildman–Crippen MR) is 170 cm³/mol. The summed E-state index contributed by atoms with van der Waals surface area (Å²) in [4.78, 5) is 0. The van der Waals surface area contributed by atoms with E-state index in [1.54, 1.807) is 11.6 Å². The molecule has 0 aromatic heterocycles. The van der Waals surface area contributed by atoms with Gasteiger partial charge in [0.05, 0.1) is 0 Å². The monoisotopic (exact) mass is 594 g/mol. The Morgan fingerprint density at radius 2 is 1.00 bits per heavy atom. The van der Waals surface area contributed by atoms with Crippen LogP contribution in [0.2, 0.25) is 0 Å². The molecule has 0 bridgehead atoms. The van der Waals surface area contributed by atoms with E-state index in [1.165, 1.54) is 74.8 Å². The number of hydrogen-bond acceptors (Lipinski definition) is 0. The summed E-state index contributed by atoms with van der Waals surface area (Å²) in [5.74, 6) is 1.68. The van der Waals surface area contributed by atoms with Crippen LogP contribution in [0, 0.1) is 62.9 Å². The Morgan fingerprint density at radius 1 is 0.564 bits per heavy atom. The Morgan fingerprint density at radius 3 is 1.44 bits per heavy atom. The Hall–Kier alpha value is -0.181. The minimum Gasteiger partial charge on any atom is -0.0921 e. The van der Waals surface area contributed by atoms with Gasteiger partial charge in [0.2, 0.25) is 0 Å². The maximum absolute atomic E-state index is 2.56. The van der Waals surface area contributed by atoms with Gasteiger partial charge in [-0.15, -0.1) is 0 Å². The van der Waals surface area contributed by atoms with Crippen molar-refractivity contribution >= 4 is 26.5 Å². The second kappa shape index (κ2) is 17.1. The fourth-order valence-corrected chi connectivity index (χ4v) is 13.5. The second-order valence-electron chi connectivity index (χ2n) is 11.0. The molecular weight excluding hydrogens is 550 g/mol. The smallest absolute Gasteiger partial charge is 0.0120 e. The van der Waals surface area contributed by atoms with Crippen LogP contribution in [0.4, 0.5) is 0 Å². The van der Waals surface area contributed by atoms with Crippen LogP contribution in [0.15, 0.2) is 60.7 Å². The topological polar surface area (TPSA) is 0 Å². The summed E-state index contributed by atoms with van der Waals surface area (Å²) in [5, 5.41) is 3.02. The van der Waals surface area contributed by atoms with Crippen LogP contribution >= 0.6 is 15.8 Å². The molecule has 0 aliphatic heterocycles. The van der Waals surface area contributed by atoms with Crippen molar-refractivity contribution < 1.29 is 17.1 Å². The molecule has 3 heteroatoms. The molecule has 4 saturated carbocycles. The van der Waals surface area contributed by atoms with Gasteiger partial charge in [0.15, 0.2) is 0 Å². The molecule has 0 spiro atoms. The molecule has 2 aromatic rings. The van der Waals surface area contributed by atoms with E-state index in [9.17, 15) is 0 Å². The Balaban J connectivity index is 0.000000530. The minimum absolute atomic E-state index is 0.